The minimum atomic E-state index is -0.482. The molecule has 0 bridgehead atoms. The summed E-state index contributed by atoms with van der Waals surface area (Å²) < 4.78 is 3.21. The lowest BCUT2D eigenvalue weighted by molar-refractivity contribution is -0.384. The highest BCUT2D eigenvalue weighted by Crippen LogP contribution is 2.31. The van der Waals surface area contributed by atoms with Gasteiger partial charge in [0.15, 0.2) is 5.82 Å². The molecule has 0 saturated carbocycles. The fraction of sp³-hybridized carbons (Fsp3) is 0.250. The number of anilines is 1. The first-order valence-corrected chi connectivity index (χ1v) is 8.95. The number of terminal acetylenes is 1. The van der Waals surface area contributed by atoms with Crippen molar-refractivity contribution in [3.63, 3.8) is 0 Å². The summed E-state index contributed by atoms with van der Waals surface area (Å²) in [6.07, 6.45) is 10.2. The van der Waals surface area contributed by atoms with Crippen LogP contribution >= 0.6 is 0 Å². The van der Waals surface area contributed by atoms with E-state index in [9.17, 15) is 14.9 Å². The highest BCUT2D eigenvalue weighted by Gasteiger charge is 2.23. The Morgan fingerprint density at radius 2 is 2.14 bits per heavy atom. The van der Waals surface area contributed by atoms with Crippen LogP contribution in [0.5, 0.6) is 0 Å². The highest BCUT2D eigenvalue weighted by molar-refractivity contribution is 6.07. The highest BCUT2D eigenvalue weighted by atomic mass is 16.6. The molecule has 1 aromatic carbocycles. The molecule has 0 aliphatic carbocycles. The van der Waals surface area contributed by atoms with Gasteiger partial charge in [0.25, 0.3) is 5.69 Å². The van der Waals surface area contributed by atoms with Gasteiger partial charge in [0.05, 0.1) is 17.2 Å². The van der Waals surface area contributed by atoms with Gasteiger partial charge in [-0.3, -0.25) is 19.6 Å². The van der Waals surface area contributed by atoms with E-state index in [0.29, 0.717) is 25.3 Å². The number of aromatic nitrogens is 4. The number of nitrogens with zero attached hydrogens (tertiary/aromatic N) is 6. The van der Waals surface area contributed by atoms with E-state index in [1.54, 1.807) is 40.8 Å². The Morgan fingerprint density at radius 1 is 1.34 bits per heavy atom. The lowest BCUT2D eigenvalue weighted by atomic mass is 10.1. The maximum atomic E-state index is 12.7. The molecule has 0 amide bonds. The summed E-state index contributed by atoms with van der Waals surface area (Å²) in [7, 11) is 1.70. The van der Waals surface area contributed by atoms with Crippen molar-refractivity contribution < 1.29 is 9.72 Å². The summed E-state index contributed by atoms with van der Waals surface area (Å²) in [5, 5.41) is 16.1. The van der Waals surface area contributed by atoms with Gasteiger partial charge in [-0.2, -0.15) is 5.10 Å². The second-order valence-electron chi connectivity index (χ2n) is 6.37. The van der Waals surface area contributed by atoms with Crippen LogP contribution in [-0.2, 0) is 20.1 Å². The molecule has 3 aromatic rings. The van der Waals surface area contributed by atoms with Gasteiger partial charge >= 0.3 is 0 Å². The SMILES string of the molecule is C#CCn1ccc(CN(CC)c2ccc(C(=O)c3nccn3C)cc2[N+](=O)[O-])n1. The summed E-state index contributed by atoms with van der Waals surface area (Å²) in [5.74, 6) is 2.36. The predicted molar refractivity (Wildman–Crippen MR) is 108 cm³/mol. The molecule has 0 atom stereocenters. The van der Waals surface area contributed by atoms with Gasteiger partial charge in [-0.05, 0) is 25.1 Å². The van der Waals surface area contributed by atoms with Gasteiger partial charge in [-0.1, -0.05) is 5.92 Å². The Hall–Kier alpha value is -3.93. The smallest absolute Gasteiger partial charge is 0.293 e. The maximum Gasteiger partial charge on any atom is 0.293 e. The number of hydrogen-bond acceptors (Lipinski definition) is 6. The average molecular weight is 392 g/mol. The van der Waals surface area contributed by atoms with Gasteiger partial charge in [0.1, 0.15) is 12.2 Å². The Morgan fingerprint density at radius 3 is 2.76 bits per heavy atom. The molecule has 9 heteroatoms. The topological polar surface area (TPSA) is 99.1 Å². The third-order valence-electron chi connectivity index (χ3n) is 4.48. The van der Waals surface area contributed by atoms with Crippen molar-refractivity contribution in [2.24, 2.45) is 7.05 Å². The van der Waals surface area contributed by atoms with E-state index in [1.807, 2.05) is 17.9 Å². The van der Waals surface area contributed by atoms with Gasteiger partial charge < -0.3 is 9.47 Å². The standard InChI is InChI=1S/C20H20N6O3/c1-4-10-25-11-8-16(22-25)14-24(5-2)17-7-6-15(13-18(17)26(28)29)19(27)20-21-9-12-23(20)3/h1,6-9,11-13H,5,10,14H2,2-3H3. The lowest BCUT2D eigenvalue weighted by Crippen LogP contribution is -2.23. The van der Waals surface area contributed by atoms with Crippen LogP contribution < -0.4 is 4.90 Å². The van der Waals surface area contributed by atoms with E-state index in [1.165, 1.54) is 12.3 Å². The summed E-state index contributed by atoms with van der Waals surface area (Å²) >= 11 is 0. The molecule has 0 saturated heterocycles. The van der Waals surface area contributed by atoms with Crippen molar-refractivity contribution >= 4 is 17.2 Å². The molecule has 29 heavy (non-hydrogen) atoms. The fourth-order valence-corrected chi connectivity index (χ4v) is 3.02. The first-order chi connectivity index (χ1) is 13.9. The minimum absolute atomic E-state index is 0.144. The molecule has 2 heterocycles. The number of aryl methyl sites for hydroxylation is 1. The molecule has 0 fully saturated rings. The van der Waals surface area contributed by atoms with Crippen molar-refractivity contribution in [3.05, 3.63) is 70.1 Å². The number of imidazole rings is 1. The Balaban J connectivity index is 1.92. The second kappa shape index (κ2) is 8.39. The third kappa shape index (κ3) is 4.16. The van der Waals surface area contributed by atoms with Gasteiger partial charge in [0, 0.05) is 43.8 Å². The molecule has 3 rings (SSSR count). The van der Waals surface area contributed by atoms with E-state index in [0.717, 1.165) is 5.69 Å². The van der Waals surface area contributed by atoms with E-state index in [4.69, 9.17) is 6.42 Å². The number of ketones is 1. The summed E-state index contributed by atoms with van der Waals surface area (Å²) in [6, 6.07) is 6.30. The zero-order valence-electron chi connectivity index (χ0n) is 16.1. The van der Waals surface area contributed by atoms with E-state index < -0.39 is 4.92 Å². The molecule has 0 aliphatic rings. The van der Waals surface area contributed by atoms with Gasteiger partial charge in [-0.25, -0.2) is 4.98 Å². The number of carbonyl (C=O) groups is 1. The molecule has 0 N–H and O–H groups in total. The van der Waals surface area contributed by atoms with Crippen molar-refractivity contribution in [2.75, 3.05) is 11.4 Å². The molecule has 0 spiro atoms. The number of carbonyl (C=O) groups excluding carboxylic acids is 1. The predicted octanol–water partition coefficient (Wildman–Crippen LogP) is 2.42. The van der Waals surface area contributed by atoms with Crippen molar-refractivity contribution in [1.82, 2.24) is 19.3 Å². The average Bonchev–Trinajstić information content (AvgIpc) is 3.34. The molecule has 0 unspecified atom stereocenters. The van der Waals surface area contributed by atoms with E-state index in [-0.39, 0.29) is 22.9 Å². The van der Waals surface area contributed by atoms with Crippen LogP contribution in [0.4, 0.5) is 11.4 Å². The second-order valence-corrected chi connectivity index (χ2v) is 6.37. The molecule has 9 nitrogen and oxygen atoms in total. The van der Waals surface area contributed by atoms with Crippen LogP contribution in [0.1, 0.15) is 28.8 Å². The van der Waals surface area contributed by atoms with Crippen LogP contribution in [-0.4, -0.2) is 36.6 Å². The van der Waals surface area contributed by atoms with Gasteiger partial charge in [-0.15, -0.1) is 6.42 Å². The summed E-state index contributed by atoms with van der Waals surface area (Å²) in [5.41, 5.74) is 1.23. The number of rotatable bonds is 8. The van der Waals surface area contributed by atoms with Crippen LogP contribution in [0.3, 0.4) is 0 Å². The zero-order chi connectivity index (χ0) is 21.0. The van der Waals surface area contributed by atoms with Crippen molar-refractivity contribution in [1.29, 1.82) is 0 Å². The number of nitro groups is 1. The van der Waals surface area contributed by atoms with Crippen molar-refractivity contribution in [2.45, 2.75) is 20.0 Å². The summed E-state index contributed by atoms with van der Waals surface area (Å²) in [4.78, 5) is 29.7. The van der Waals surface area contributed by atoms with E-state index >= 15 is 0 Å². The molecule has 0 radical (unpaired) electrons. The monoisotopic (exact) mass is 392 g/mol. The van der Waals surface area contributed by atoms with Crippen molar-refractivity contribution in [3.8, 4) is 12.3 Å². The zero-order valence-corrected chi connectivity index (χ0v) is 16.1. The normalized spacial score (nSPS) is 10.5. The van der Waals surface area contributed by atoms with Crippen LogP contribution in [0, 0.1) is 22.5 Å². The molecular weight excluding hydrogens is 372 g/mol. The first-order valence-electron chi connectivity index (χ1n) is 8.95. The largest absolute Gasteiger partial charge is 0.360 e. The third-order valence-corrected chi connectivity index (χ3v) is 4.48. The minimum Gasteiger partial charge on any atom is -0.360 e. The molecule has 148 valence electrons. The molecule has 2 aromatic heterocycles. The fourth-order valence-electron chi connectivity index (χ4n) is 3.02. The first kappa shape index (κ1) is 19.8. The molecule has 0 aliphatic heterocycles. The molecular formula is C20H20N6O3. The van der Waals surface area contributed by atoms with Gasteiger partial charge in [0.2, 0.25) is 5.78 Å². The Bertz CT molecular complexity index is 1090. The number of hydrogen-bond donors (Lipinski definition) is 0. The van der Waals surface area contributed by atoms with Crippen LogP contribution in [0.2, 0.25) is 0 Å². The lowest BCUT2D eigenvalue weighted by Gasteiger charge is -2.22. The number of nitro benzene ring substituents is 1. The van der Waals surface area contributed by atoms with Crippen LogP contribution in [0.15, 0.2) is 42.9 Å². The van der Waals surface area contributed by atoms with E-state index in [2.05, 4.69) is 16.0 Å². The Kier molecular flexibility index (Phi) is 5.74. The quantitative estimate of drug-likeness (QED) is 0.253. The summed E-state index contributed by atoms with van der Waals surface area (Å²) in [6.45, 7) is 3.16. The Labute approximate surface area is 167 Å². The van der Waals surface area contributed by atoms with Crippen LogP contribution in [0.25, 0.3) is 0 Å². The number of benzene rings is 1. The maximum absolute atomic E-state index is 12.7.